The highest BCUT2D eigenvalue weighted by atomic mass is 16.7. The predicted octanol–water partition coefficient (Wildman–Crippen LogP) is 3.35. The lowest BCUT2D eigenvalue weighted by Crippen LogP contribution is -2.50. The third kappa shape index (κ3) is 3.00. The van der Waals surface area contributed by atoms with Crippen LogP contribution in [0.3, 0.4) is 0 Å². The number of carbonyl (C=O) groups is 1. The molecule has 4 rings (SSSR count). The van der Waals surface area contributed by atoms with Gasteiger partial charge in [0.05, 0.1) is 19.3 Å². The number of furan rings is 1. The third-order valence-corrected chi connectivity index (χ3v) is 5.24. The number of hydrogen-bond donors (Lipinski definition) is 1. The Morgan fingerprint density at radius 2 is 1.88 bits per heavy atom. The molecule has 0 saturated carbocycles. The summed E-state index contributed by atoms with van der Waals surface area (Å²) in [7, 11) is 0. The van der Waals surface area contributed by atoms with Crippen LogP contribution in [0.2, 0.25) is 0 Å². The van der Waals surface area contributed by atoms with Crippen LogP contribution < -0.4 is 5.32 Å². The van der Waals surface area contributed by atoms with Gasteiger partial charge in [-0.15, -0.1) is 0 Å². The smallest absolute Gasteiger partial charge is 0.317 e. The topological polar surface area (TPSA) is 63.9 Å². The number of para-hydroxylation sites is 1. The van der Waals surface area contributed by atoms with Crippen molar-refractivity contribution in [3.05, 3.63) is 35.6 Å². The summed E-state index contributed by atoms with van der Waals surface area (Å²) in [4.78, 5) is 14.4. The van der Waals surface area contributed by atoms with Gasteiger partial charge in [0.1, 0.15) is 11.3 Å². The Labute approximate surface area is 147 Å². The summed E-state index contributed by atoms with van der Waals surface area (Å²) in [6.07, 6.45) is 1.44. The molecule has 2 aromatic rings. The molecule has 6 nitrogen and oxygen atoms in total. The fourth-order valence-electron chi connectivity index (χ4n) is 3.78. The molecule has 1 atom stereocenters. The van der Waals surface area contributed by atoms with Gasteiger partial charge in [-0.2, -0.15) is 0 Å². The average Bonchev–Trinajstić information content (AvgIpc) is 3.21. The monoisotopic (exact) mass is 344 g/mol. The quantitative estimate of drug-likeness (QED) is 0.907. The van der Waals surface area contributed by atoms with Gasteiger partial charge in [-0.05, 0) is 19.9 Å². The van der Waals surface area contributed by atoms with Crippen LogP contribution >= 0.6 is 0 Å². The van der Waals surface area contributed by atoms with Crippen molar-refractivity contribution in [2.24, 2.45) is 0 Å². The Morgan fingerprint density at radius 1 is 1.20 bits per heavy atom. The highest BCUT2D eigenvalue weighted by Gasteiger charge is 2.41. The van der Waals surface area contributed by atoms with Crippen LogP contribution in [-0.2, 0) is 9.47 Å². The van der Waals surface area contributed by atoms with E-state index in [0.717, 1.165) is 35.1 Å². The second kappa shape index (κ2) is 6.35. The number of benzene rings is 1. The number of aryl methyl sites for hydroxylation is 1. The lowest BCUT2D eigenvalue weighted by Gasteiger charge is -2.37. The maximum absolute atomic E-state index is 12.6. The van der Waals surface area contributed by atoms with Gasteiger partial charge in [0.25, 0.3) is 0 Å². The third-order valence-electron chi connectivity index (χ3n) is 5.24. The molecule has 1 N–H and O–H groups in total. The van der Waals surface area contributed by atoms with E-state index in [1.165, 1.54) is 0 Å². The molecule has 0 radical (unpaired) electrons. The molecule has 0 unspecified atom stereocenters. The van der Waals surface area contributed by atoms with Crippen molar-refractivity contribution in [3.8, 4) is 0 Å². The van der Waals surface area contributed by atoms with Crippen LogP contribution in [0.15, 0.2) is 28.7 Å². The molecule has 25 heavy (non-hydrogen) atoms. The van der Waals surface area contributed by atoms with Crippen LogP contribution in [0.25, 0.3) is 11.0 Å². The van der Waals surface area contributed by atoms with E-state index in [4.69, 9.17) is 13.9 Å². The summed E-state index contributed by atoms with van der Waals surface area (Å²) in [5.41, 5.74) is 1.93. The minimum Gasteiger partial charge on any atom is -0.459 e. The lowest BCUT2D eigenvalue weighted by molar-refractivity contribution is -0.181. The zero-order chi connectivity index (χ0) is 17.4. The number of piperidine rings is 1. The van der Waals surface area contributed by atoms with E-state index in [1.807, 2.05) is 43.0 Å². The first-order valence-corrected chi connectivity index (χ1v) is 8.89. The first-order valence-electron chi connectivity index (χ1n) is 8.89. The van der Waals surface area contributed by atoms with Gasteiger partial charge in [-0.3, -0.25) is 0 Å². The summed E-state index contributed by atoms with van der Waals surface area (Å²) in [6, 6.07) is 7.68. The van der Waals surface area contributed by atoms with E-state index in [-0.39, 0.29) is 12.1 Å². The van der Waals surface area contributed by atoms with Crippen LogP contribution in [0.4, 0.5) is 4.79 Å². The van der Waals surface area contributed by atoms with Crippen molar-refractivity contribution >= 4 is 17.0 Å². The molecule has 2 aliphatic heterocycles. The van der Waals surface area contributed by atoms with Gasteiger partial charge in [-0.25, -0.2) is 4.79 Å². The van der Waals surface area contributed by atoms with Crippen molar-refractivity contribution in [1.82, 2.24) is 10.2 Å². The number of ether oxygens (including phenoxy) is 2. The number of rotatable bonds is 2. The number of carbonyl (C=O) groups excluding carboxylic acids is 1. The molecular formula is C19H24N2O4. The van der Waals surface area contributed by atoms with Gasteiger partial charge in [-0.1, -0.05) is 18.2 Å². The zero-order valence-corrected chi connectivity index (χ0v) is 14.7. The van der Waals surface area contributed by atoms with Crippen molar-refractivity contribution in [1.29, 1.82) is 0 Å². The number of likely N-dealkylation sites (tertiary alicyclic amines) is 1. The number of urea groups is 1. The molecule has 2 aliphatic rings. The first-order chi connectivity index (χ1) is 12.1. The molecule has 2 amide bonds. The number of hydrogen-bond acceptors (Lipinski definition) is 4. The predicted molar refractivity (Wildman–Crippen MR) is 93.3 cm³/mol. The zero-order valence-electron chi connectivity index (χ0n) is 14.7. The summed E-state index contributed by atoms with van der Waals surface area (Å²) >= 11 is 0. The highest BCUT2D eigenvalue weighted by Crippen LogP contribution is 2.32. The minimum absolute atomic E-state index is 0.0693. The summed E-state index contributed by atoms with van der Waals surface area (Å²) < 4.78 is 17.4. The first kappa shape index (κ1) is 16.4. The minimum atomic E-state index is -0.461. The Balaban J connectivity index is 1.41. The maximum Gasteiger partial charge on any atom is 0.317 e. The number of nitrogens with zero attached hydrogens (tertiary/aromatic N) is 1. The molecule has 2 fully saturated rings. The number of fused-ring (bicyclic) bond motifs is 1. The Bertz CT molecular complexity index is 769. The van der Waals surface area contributed by atoms with E-state index in [1.54, 1.807) is 0 Å². The van der Waals surface area contributed by atoms with Gasteiger partial charge >= 0.3 is 6.03 Å². The lowest BCUT2D eigenvalue weighted by atomic mass is 10.0. The van der Waals surface area contributed by atoms with E-state index in [0.29, 0.717) is 26.3 Å². The second-order valence-corrected chi connectivity index (χ2v) is 6.85. The van der Waals surface area contributed by atoms with Crippen LogP contribution in [0, 0.1) is 6.92 Å². The highest BCUT2D eigenvalue weighted by molar-refractivity contribution is 5.82. The van der Waals surface area contributed by atoms with Gasteiger partial charge < -0.3 is 24.1 Å². The summed E-state index contributed by atoms with van der Waals surface area (Å²) in [5, 5.41) is 4.15. The van der Waals surface area contributed by atoms with Gasteiger partial charge in [0.15, 0.2) is 5.79 Å². The number of amides is 2. The molecule has 1 spiro atoms. The molecular weight excluding hydrogens is 320 g/mol. The van der Waals surface area contributed by atoms with Gasteiger partial charge in [0.2, 0.25) is 0 Å². The largest absolute Gasteiger partial charge is 0.459 e. The molecule has 1 aromatic heterocycles. The van der Waals surface area contributed by atoms with E-state index in [9.17, 15) is 4.79 Å². The second-order valence-electron chi connectivity index (χ2n) is 6.85. The Morgan fingerprint density at radius 3 is 2.56 bits per heavy atom. The van der Waals surface area contributed by atoms with Crippen molar-refractivity contribution in [3.63, 3.8) is 0 Å². The maximum atomic E-state index is 12.6. The SMILES string of the molecule is Cc1c([C@@H](C)NC(=O)N2CCC3(CC2)OCCO3)oc2ccccc12. The summed E-state index contributed by atoms with van der Waals surface area (Å²) in [6.45, 7) is 6.55. The standard InChI is InChI=1S/C19H24N2O4/c1-13-15-5-3-4-6-16(15)25-17(13)14(2)20-18(22)21-9-7-19(8-10-21)23-11-12-24-19/h3-6,14H,7-12H2,1-2H3,(H,20,22)/t14-/m1/s1. The molecule has 3 heterocycles. The normalized spacial score (nSPS) is 21.0. The fourth-order valence-corrected chi connectivity index (χ4v) is 3.78. The van der Waals surface area contributed by atoms with E-state index >= 15 is 0 Å². The van der Waals surface area contributed by atoms with E-state index in [2.05, 4.69) is 5.32 Å². The van der Waals surface area contributed by atoms with Crippen LogP contribution in [0.1, 0.15) is 37.1 Å². The van der Waals surface area contributed by atoms with Crippen molar-refractivity contribution in [2.75, 3.05) is 26.3 Å². The molecule has 0 aliphatic carbocycles. The average molecular weight is 344 g/mol. The molecule has 2 saturated heterocycles. The van der Waals surface area contributed by atoms with Crippen LogP contribution in [0.5, 0.6) is 0 Å². The number of nitrogens with one attached hydrogen (secondary N) is 1. The van der Waals surface area contributed by atoms with Crippen LogP contribution in [-0.4, -0.2) is 43.0 Å². The fraction of sp³-hybridized carbons (Fsp3) is 0.526. The Kier molecular flexibility index (Phi) is 4.17. The summed E-state index contributed by atoms with van der Waals surface area (Å²) in [5.74, 6) is 0.350. The molecule has 1 aromatic carbocycles. The van der Waals surface area contributed by atoms with Crippen molar-refractivity contribution in [2.45, 2.75) is 38.5 Å². The molecule has 6 heteroatoms. The Hall–Kier alpha value is -2.05. The molecule has 134 valence electrons. The van der Waals surface area contributed by atoms with E-state index < -0.39 is 5.79 Å². The van der Waals surface area contributed by atoms with Gasteiger partial charge in [0, 0.05) is 36.9 Å². The van der Waals surface area contributed by atoms with Crippen molar-refractivity contribution < 1.29 is 18.7 Å². The molecule has 0 bridgehead atoms.